The van der Waals surface area contributed by atoms with Crippen LogP contribution in [0, 0.1) is 18.6 Å². The van der Waals surface area contributed by atoms with Crippen molar-refractivity contribution in [3.8, 4) is 11.3 Å². The Labute approximate surface area is 178 Å². The largest absolute Gasteiger partial charge is 0.465 e. The molecule has 3 aromatic rings. The number of benzene rings is 1. The molecule has 4 rings (SSSR count). The average Bonchev–Trinajstić information content (AvgIpc) is 3.04. The van der Waals surface area contributed by atoms with Gasteiger partial charge < -0.3 is 19.2 Å². The van der Waals surface area contributed by atoms with Gasteiger partial charge in [-0.25, -0.2) is 18.6 Å². The number of morpholine rings is 1. The molecule has 1 atom stereocenters. The molecule has 0 saturated carbocycles. The van der Waals surface area contributed by atoms with E-state index in [0.29, 0.717) is 30.9 Å². The first kappa shape index (κ1) is 22.1. The van der Waals surface area contributed by atoms with Crippen LogP contribution in [0.5, 0.6) is 0 Å². The Hall–Kier alpha value is -2.55. The number of aromatic nitrogens is 2. The fourth-order valence-electron chi connectivity index (χ4n) is 3.59. The molecule has 0 unspecified atom stereocenters. The van der Waals surface area contributed by atoms with E-state index in [-0.39, 0.29) is 35.3 Å². The lowest BCUT2D eigenvalue weighted by molar-refractivity contribution is 0.0286. The third-order valence-electron chi connectivity index (χ3n) is 5.01. The third kappa shape index (κ3) is 4.16. The molecule has 0 radical (unpaired) electrons. The fraction of sp³-hybridized carbons (Fsp3) is 0.333. The van der Waals surface area contributed by atoms with Gasteiger partial charge in [0.15, 0.2) is 0 Å². The van der Waals surface area contributed by atoms with E-state index >= 15 is 0 Å². The van der Waals surface area contributed by atoms with E-state index in [4.69, 9.17) is 4.74 Å². The summed E-state index contributed by atoms with van der Waals surface area (Å²) < 4.78 is 42.0. The molecule has 9 heteroatoms. The van der Waals surface area contributed by atoms with Crippen LogP contribution in [0.4, 0.5) is 8.78 Å². The highest BCUT2D eigenvalue weighted by atomic mass is 35.5. The number of esters is 1. The first-order valence-corrected chi connectivity index (χ1v) is 9.35. The van der Waals surface area contributed by atoms with Gasteiger partial charge in [-0.2, -0.15) is 0 Å². The van der Waals surface area contributed by atoms with Crippen LogP contribution in [-0.2, 0) is 15.9 Å². The van der Waals surface area contributed by atoms with E-state index in [2.05, 4.69) is 15.0 Å². The molecule has 1 fully saturated rings. The summed E-state index contributed by atoms with van der Waals surface area (Å²) in [5.41, 5.74) is 1.98. The van der Waals surface area contributed by atoms with Gasteiger partial charge in [0.1, 0.15) is 17.3 Å². The Morgan fingerprint density at radius 2 is 2.07 bits per heavy atom. The van der Waals surface area contributed by atoms with Crippen LogP contribution in [0.2, 0.25) is 0 Å². The lowest BCUT2D eigenvalue weighted by Gasteiger charge is -2.24. The summed E-state index contributed by atoms with van der Waals surface area (Å²) in [6, 6.07) is 5.71. The third-order valence-corrected chi connectivity index (χ3v) is 5.01. The normalized spacial score (nSPS) is 16.3. The minimum Gasteiger partial charge on any atom is -0.465 e. The predicted octanol–water partition coefficient (Wildman–Crippen LogP) is 3.33. The Morgan fingerprint density at radius 1 is 1.33 bits per heavy atom. The van der Waals surface area contributed by atoms with Crippen molar-refractivity contribution in [3.05, 3.63) is 58.9 Å². The second-order valence-corrected chi connectivity index (χ2v) is 7.05. The molecular weight excluding hydrogens is 416 g/mol. The number of hydrogen-bond donors (Lipinski definition) is 1. The monoisotopic (exact) mass is 437 g/mol. The maximum Gasteiger partial charge on any atom is 0.338 e. The van der Waals surface area contributed by atoms with Crippen LogP contribution in [0.3, 0.4) is 0 Å². The summed E-state index contributed by atoms with van der Waals surface area (Å²) in [6.45, 7) is 3.92. The lowest BCUT2D eigenvalue weighted by Crippen LogP contribution is -2.39. The molecule has 1 aliphatic heterocycles. The van der Waals surface area contributed by atoms with Gasteiger partial charge in [0.2, 0.25) is 0 Å². The van der Waals surface area contributed by atoms with Gasteiger partial charge in [-0.05, 0) is 36.8 Å². The van der Waals surface area contributed by atoms with Crippen molar-refractivity contribution in [1.29, 1.82) is 0 Å². The summed E-state index contributed by atoms with van der Waals surface area (Å²) in [7, 11) is 1.16. The molecule has 0 amide bonds. The molecule has 1 saturated heterocycles. The number of nitrogens with zero attached hydrogens (tertiary/aromatic N) is 2. The molecule has 1 N–H and O–H groups in total. The number of imidazole rings is 1. The van der Waals surface area contributed by atoms with Crippen LogP contribution in [0.1, 0.15) is 21.6 Å². The Kier molecular flexibility index (Phi) is 6.70. The zero-order valence-corrected chi connectivity index (χ0v) is 17.4. The van der Waals surface area contributed by atoms with Crippen molar-refractivity contribution in [2.75, 3.05) is 26.8 Å². The smallest absolute Gasteiger partial charge is 0.338 e. The fourth-order valence-corrected chi connectivity index (χ4v) is 3.59. The SMILES string of the molecule is COC(=O)c1cc(F)c(-c2nc3cc(C)ccn3c2C[C@H]2CNCCO2)c(F)c1.Cl. The number of aryl methyl sites for hydroxylation is 1. The summed E-state index contributed by atoms with van der Waals surface area (Å²) in [4.78, 5) is 16.2. The van der Waals surface area contributed by atoms with Crippen LogP contribution in [0.25, 0.3) is 16.9 Å². The number of hydrogen-bond acceptors (Lipinski definition) is 5. The molecule has 0 aliphatic carbocycles. The van der Waals surface area contributed by atoms with Gasteiger partial charge in [0, 0.05) is 25.7 Å². The quantitative estimate of drug-likeness (QED) is 0.634. The van der Waals surface area contributed by atoms with Crippen molar-refractivity contribution >= 4 is 24.0 Å². The molecule has 0 bridgehead atoms. The second-order valence-electron chi connectivity index (χ2n) is 7.05. The van der Waals surface area contributed by atoms with Crippen LogP contribution in [-0.4, -0.2) is 48.3 Å². The maximum atomic E-state index is 14.9. The maximum absolute atomic E-state index is 14.9. The lowest BCUT2D eigenvalue weighted by atomic mass is 10.0. The number of rotatable bonds is 4. The summed E-state index contributed by atoms with van der Waals surface area (Å²) in [6.07, 6.45) is 2.14. The molecule has 6 nitrogen and oxygen atoms in total. The van der Waals surface area contributed by atoms with E-state index in [1.54, 1.807) is 0 Å². The van der Waals surface area contributed by atoms with Crippen LogP contribution >= 0.6 is 12.4 Å². The van der Waals surface area contributed by atoms with Gasteiger partial charge in [-0.15, -0.1) is 12.4 Å². The van der Waals surface area contributed by atoms with Crippen molar-refractivity contribution in [1.82, 2.24) is 14.7 Å². The number of nitrogens with one attached hydrogen (secondary N) is 1. The molecule has 30 heavy (non-hydrogen) atoms. The van der Waals surface area contributed by atoms with E-state index in [1.165, 1.54) is 0 Å². The molecule has 160 valence electrons. The molecular formula is C21H22ClF2N3O3. The predicted molar refractivity (Wildman–Crippen MR) is 110 cm³/mol. The van der Waals surface area contributed by atoms with E-state index in [9.17, 15) is 13.6 Å². The van der Waals surface area contributed by atoms with E-state index < -0.39 is 17.6 Å². The van der Waals surface area contributed by atoms with Crippen molar-refractivity contribution in [3.63, 3.8) is 0 Å². The molecule has 1 aliphatic rings. The van der Waals surface area contributed by atoms with Gasteiger partial charge >= 0.3 is 5.97 Å². The van der Waals surface area contributed by atoms with Gasteiger partial charge in [-0.3, -0.25) is 0 Å². The number of fused-ring (bicyclic) bond motifs is 1. The van der Waals surface area contributed by atoms with Crippen LogP contribution in [0.15, 0.2) is 30.5 Å². The zero-order chi connectivity index (χ0) is 20.5. The molecule has 2 aromatic heterocycles. The Bertz CT molecular complexity index is 1060. The summed E-state index contributed by atoms with van der Waals surface area (Å²) >= 11 is 0. The number of carbonyl (C=O) groups is 1. The molecule has 0 spiro atoms. The number of halogens is 3. The van der Waals surface area contributed by atoms with E-state index in [0.717, 1.165) is 31.4 Å². The molecule has 1 aromatic carbocycles. The summed E-state index contributed by atoms with van der Waals surface area (Å²) in [5, 5.41) is 3.26. The number of pyridine rings is 1. The van der Waals surface area contributed by atoms with Gasteiger partial charge in [0.05, 0.1) is 42.3 Å². The Balaban J connectivity index is 0.00000256. The number of ether oxygens (including phenoxy) is 2. The van der Waals surface area contributed by atoms with Crippen molar-refractivity contribution < 1.29 is 23.0 Å². The molecule has 3 heterocycles. The number of methoxy groups -OCH3 is 1. The first-order valence-electron chi connectivity index (χ1n) is 9.35. The topological polar surface area (TPSA) is 64.9 Å². The van der Waals surface area contributed by atoms with E-state index in [1.807, 2.05) is 29.7 Å². The summed E-state index contributed by atoms with van der Waals surface area (Å²) in [5.74, 6) is -2.54. The minimum atomic E-state index is -0.866. The van der Waals surface area contributed by atoms with Crippen LogP contribution < -0.4 is 5.32 Å². The highest BCUT2D eigenvalue weighted by molar-refractivity contribution is 5.90. The standard InChI is InChI=1S/C21H21F2N3O3.ClH/c1-12-3-5-26-17(10-14-11-24-4-6-29-14)20(25-18(26)7-12)19-15(22)8-13(9-16(19)23)21(27)28-2;/h3,5,7-9,14,24H,4,6,10-11H2,1-2H3;1H/t14-;/m0./s1. The minimum absolute atomic E-state index is 0. The average molecular weight is 438 g/mol. The Morgan fingerprint density at radius 3 is 2.70 bits per heavy atom. The number of carbonyl (C=O) groups excluding carboxylic acids is 1. The van der Waals surface area contributed by atoms with Crippen molar-refractivity contribution in [2.45, 2.75) is 19.4 Å². The first-order chi connectivity index (χ1) is 14.0. The highest BCUT2D eigenvalue weighted by Crippen LogP contribution is 2.32. The second kappa shape index (κ2) is 9.07. The van der Waals surface area contributed by atoms with Gasteiger partial charge in [0.25, 0.3) is 0 Å². The van der Waals surface area contributed by atoms with Crippen molar-refractivity contribution in [2.24, 2.45) is 0 Å². The highest BCUT2D eigenvalue weighted by Gasteiger charge is 2.26. The van der Waals surface area contributed by atoms with Gasteiger partial charge in [-0.1, -0.05) is 0 Å². The zero-order valence-electron chi connectivity index (χ0n) is 16.6.